The Morgan fingerprint density at radius 3 is 2.69 bits per heavy atom. The van der Waals surface area contributed by atoms with Gasteiger partial charge in [0.15, 0.2) is 0 Å². The minimum atomic E-state index is -0.276. The fraction of sp³-hybridized carbons (Fsp3) is 0.300. The topological polar surface area (TPSA) is 52.9 Å². The molecular formula is C20H18Cl2N2OS. The van der Waals surface area contributed by atoms with Gasteiger partial charge in [0.25, 0.3) is 0 Å². The molecular weight excluding hydrogens is 387 g/mol. The van der Waals surface area contributed by atoms with E-state index in [0.717, 1.165) is 31.2 Å². The molecule has 0 saturated heterocycles. The number of benzene rings is 1. The van der Waals surface area contributed by atoms with Gasteiger partial charge in [0.05, 0.1) is 5.56 Å². The fourth-order valence-corrected chi connectivity index (χ4v) is 4.80. The Morgan fingerprint density at radius 2 is 1.96 bits per heavy atom. The van der Waals surface area contributed by atoms with E-state index >= 15 is 0 Å². The Hall–Kier alpha value is -1.80. The van der Waals surface area contributed by atoms with E-state index in [0.29, 0.717) is 26.2 Å². The molecule has 1 amide bonds. The minimum absolute atomic E-state index is 0.276. The lowest BCUT2D eigenvalue weighted by molar-refractivity contribution is -0.111. The van der Waals surface area contributed by atoms with E-state index in [2.05, 4.69) is 11.4 Å². The lowest BCUT2D eigenvalue weighted by Gasteiger charge is -2.08. The van der Waals surface area contributed by atoms with Crippen LogP contribution in [0, 0.1) is 11.3 Å². The second-order valence-electron chi connectivity index (χ2n) is 6.22. The van der Waals surface area contributed by atoms with Crippen LogP contribution in [-0.4, -0.2) is 5.91 Å². The van der Waals surface area contributed by atoms with Gasteiger partial charge in [-0.3, -0.25) is 4.79 Å². The first-order valence-electron chi connectivity index (χ1n) is 8.57. The van der Waals surface area contributed by atoms with Crippen molar-refractivity contribution in [2.24, 2.45) is 0 Å². The monoisotopic (exact) mass is 404 g/mol. The van der Waals surface area contributed by atoms with Crippen molar-refractivity contribution < 1.29 is 4.79 Å². The van der Waals surface area contributed by atoms with Crippen molar-refractivity contribution in [2.75, 3.05) is 5.32 Å². The number of thiophene rings is 1. The van der Waals surface area contributed by atoms with E-state index in [1.54, 1.807) is 24.3 Å². The zero-order chi connectivity index (χ0) is 18.5. The van der Waals surface area contributed by atoms with Crippen LogP contribution in [0.2, 0.25) is 10.0 Å². The predicted octanol–water partition coefficient (Wildman–Crippen LogP) is 6.24. The Kier molecular flexibility index (Phi) is 6.37. The highest BCUT2D eigenvalue weighted by atomic mass is 35.5. The zero-order valence-electron chi connectivity index (χ0n) is 14.1. The van der Waals surface area contributed by atoms with Gasteiger partial charge in [-0.05, 0) is 55.0 Å². The van der Waals surface area contributed by atoms with Crippen LogP contribution in [0.15, 0.2) is 24.3 Å². The molecule has 0 saturated carbocycles. The molecule has 1 aromatic heterocycles. The maximum absolute atomic E-state index is 12.3. The maximum atomic E-state index is 12.3. The van der Waals surface area contributed by atoms with Crippen molar-refractivity contribution in [1.82, 2.24) is 0 Å². The van der Waals surface area contributed by atoms with E-state index in [1.807, 2.05) is 0 Å². The summed E-state index contributed by atoms with van der Waals surface area (Å²) in [6.07, 6.45) is 9.64. The minimum Gasteiger partial charge on any atom is -0.313 e. The summed E-state index contributed by atoms with van der Waals surface area (Å²) in [5, 5.41) is 14.1. The van der Waals surface area contributed by atoms with Gasteiger partial charge < -0.3 is 5.32 Å². The van der Waals surface area contributed by atoms with Gasteiger partial charge in [-0.25, -0.2) is 0 Å². The van der Waals surface area contributed by atoms with Crippen molar-refractivity contribution in [3.05, 3.63) is 55.9 Å². The molecule has 1 aliphatic rings. The number of fused-ring (bicyclic) bond motifs is 1. The number of nitriles is 1. The molecule has 3 rings (SSSR count). The van der Waals surface area contributed by atoms with E-state index in [-0.39, 0.29) is 5.91 Å². The summed E-state index contributed by atoms with van der Waals surface area (Å²) in [5.41, 5.74) is 2.46. The Bertz CT molecular complexity index is 896. The molecule has 0 bridgehead atoms. The van der Waals surface area contributed by atoms with Crippen molar-refractivity contribution in [1.29, 1.82) is 5.26 Å². The molecule has 1 aliphatic carbocycles. The Morgan fingerprint density at radius 1 is 1.19 bits per heavy atom. The van der Waals surface area contributed by atoms with Crippen LogP contribution in [0.3, 0.4) is 0 Å². The van der Waals surface area contributed by atoms with Crippen LogP contribution in [0.25, 0.3) is 6.08 Å². The summed E-state index contributed by atoms with van der Waals surface area (Å²) >= 11 is 13.5. The molecule has 0 fully saturated rings. The first kappa shape index (κ1) is 19.0. The SMILES string of the molecule is N#Cc1c(NC(=O)/C=C\c2ccc(Cl)cc2Cl)sc2c1CCCCCC2. The van der Waals surface area contributed by atoms with E-state index in [4.69, 9.17) is 23.2 Å². The van der Waals surface area contributed by atoms with Gasteiger partial charge in [0, 0.05) is 21.0 Å². The second-order valence-corrected chi connectivity index (χ2v) is 8.17. The summed E-state index contributed by atoms with van der Waals surface area (Å²) in [6.45, 7) is 0. The molecule has 26 heavy (non-hydrogen) atoms. The number of anilines is 1. The summed E-state index contributed by atoms with van der Waals surface area (Å²) in [4.78, 5) is 13.5. The third-order valence-corrected chi connectivity index (χ3v) is 6.17. The average Bonchev–Trinajstić information content (AvgIpc) is 2.89. The lowest BCUT2D eigenvalue weighted by Crippen LogP contribution is -2.07. The van der Waals surface area contributed by atoms with Gasteiger partial charge in [-0.1, -0.05) is 42.1 Å². The van der Waals surface area contributed by atoms with Gasteiger partial charge in [0.1, 0.15) is 11.1 Å². The van der Waals surface area contributed by atoms with Gasteiger partial charge >= 0.3 is 0 Å². The summed E-state index contributed by atoms with van der Waals surface area (Å²) in [6, 6.07) is 7.39. The Balaban J connectivity index is 1.78. The van der Waals surface area contributed by atoms with Crippen LogP contribution in [0.1, 0.15) is 47.3 Å². The van der Waals surface area contributed by atoms with Gasteiger partial charge in [-0.2, -0.15) is 5.26 Å². The first-order chi connectivity index (χ1) is 12.6. The van der Waals surface area contributed by atoms with Crippen LogP contribution in [0.5, 0.6) is 0 Å². The quantitative estimate of drug-likeness (QED) is 0.615. The number of nitrogens with one attached hydrogen (secondary N) is 1. The number of amides is 1. The van der Waals surface area contributed by atoms with E-state index in [1.165, 1.54) is 35.1 Å². The number of nitrogens with zero attached hydrogens (tertiary/aromatic N) is 1. The number of rotatable bonds is 3. The molecule has 1 heterocycles. The molecule has 0 radical (unpaired) electrons. The number of halogens is 2. The van der Waals surface area contributed by atoms with Crippen LogP contribution in [-0.2, 0) is 17.6 Å². The highest BCUT2D eigenvalue weighted by molar-refractivity contribution is 7.16. The Labute approximate surface area is 167 Å². The molecule has 2 aromatic rings. The van der Waals surface area contributed by atoms with Crippen molar-refractivity contribution in [2.45, 2.75) is 38.5 Å². The maximum Gasteiger partial charge on any atom is 0.249 e. The molecule has 0 unspecified atom stereocenters. The number of hydrogen-bond donors (Lipinski definition) is 1. The van der Waals surface area contributed by atoms with Crippen LogP contribution in [0.4, 0.5) is 5.00 Å². The highest BCUT2D eigenvalue weighted by Gasteiger charge is 2.19. The predicted molar refractivity (Wildman–Crippen MR) is 109 cm³/mol. The zero-order valence-corrected chi connectivity index (χ0v) is 16.5. The molecule has 0 aliphatic heterocycles. The highest BCUT2D eigenvalue weighted by Crippen LogP contribution is 2.36. The van der Waals surface area contributed by atoms with Crippen LogP contribution < -0.4 is 5.32 Å². The number of carbonyl (C=O) groups is 1. The standard InChI is InChI=1S/C20H18Cl2N2OS/c21-14-9-7-13(17(22)11-14)8-10-19(25)24-20-16(12-23)15-5-3-1-2-4-6-18(15)26-20/h7-11H,1-6H2,(H,24,25)/b10-8-. The molecule has 3 nitrogen and oxygen atoms in total. The smallest absolute Gasteiger partial charge is 0.249 e. The third kappa shape index (κ3) is 4.48. The second kappa shape index (κ2) is 8.73. The first-order valence-corrected chi connectivity index (χ1v) is 10.1. The number of aryl methyl sites for hydroxylation is 1. The number of hydrogen-bond acceptors (Lipinski definition) is 3. The fourth-order valence-electron chi connectivity index (χ4n) is 3.08. The molecule has 134 valence electrons. The van der Waals surface area contributed by atoms with E-state index < -0.39 is 0 Å². The number of carbonyl (C=O) groups excluding carboxylic acids is 1. The third-order valence-electron chi connectivity index (χ3n) is 4.40. The van der Waals surface area contributed by atoms with Gasteiger partial charge in [0.2, 0.25) is 5.91 Å². The lowest BCUT2D eigenvalue weighted by atomic mass is 9.97. The van der Waals surface area contributed by atoms with Crippen LogP contribution >= 0.6 is 34.5 Å². The molecule has 6 heteroatoms. The average molecular weight is 405 g/mol. The van der Waals surface area contributed by atoms with Crippen molar-refractivity contribution in [3.63, 3.8) is 0 Å². The molecule has 0 atom stereocenters. The van der Waals surface area contributed by atoms with Crippen molar-refractivity contribution in [3.8, 4) is 6.07 Å². The molecule has 0 spiro atoms. The molecule has 1 N–H and O–H groups in total. The summed E-state index contributed by atoms with van der Waals surface area (Å²) < 4.78 is 0. The normalized spacial score (nSPS) is 14.3. The molecule has 1 aromatic carbocycles. The summed E-state index contributed by atoms with van der Waals surface area (Å²) in [5.74, 6) is -0.276. The summed E-state index contributed by atoms with van der Waals surface area (Å²) in [7, 11) is 0. The van der Waals surface area contributed by atoms with Crippen molar-refractivity contribution >= 4 is 51.5 Å². The van der Waals surface area contributed by atoms with E-state index in [9.17, 15) is 10.1 Å². The largest absolute Gasteiger partial charge is 0.313 e. The van der Waals surface area contributed by atoms with Gasteiger partial charge in [-0.15, -0.1) is 11.3 Å².